The molecule has 0 spiro atoms. The molecule has 0 atom stereocenters. The predicted molar refractivity (Wildman–Crippen MR) is 90.6 cm³/mol. The van der Waals surface area contributed by atoms with Crippen LogP contribution in [-0.4, -0.2) is 34.6 Å². The standard InChI is InChI=1S/C17H19FN4O3/c1-3-25-17-15(22(23)24)16(19-11(2)20-17)21-8-6-12-4-5-14(18)10-13(12)7-9-21/h4-5,10H,3,6-9H2,1-2H3. The van der Waals surface area contributed by atoms with Crippen LogP contribution in [0.2, 0.25) is 0 Å². The molecule has 1 aromatic heterocycles. The summed E-state index contributed by atoms with van der Waals surface area (Å²) in [5.74, 6) is 0.392. The third-order valence-electron chi connectivity index (χ3n) is 4.18. The van der Waals surface area contributed by atoms with E-state index in [2.05, 4.69) is 9.97 Å². The highest BCUT2D eigenvalue weighted by atomic mass is 19.1. The lowest BCUT2D eigenvalue weighted by Gasteiger charge is -2.21. The number of rotatable bonds is 4. The van der Waals surface area contributed by atoms with Gasteiger partial charge in [-0.25, -0.2) is 9.37 Å². The van der Waals surface area contributed by atoms with Crippen molar-refractivity contribution < 1.29 is 14.1 Å². The highest BCUT2D eigenvalue weighted by molar-refractivity contribution is 5.63. The number of fused-ring (bicyclic) bond motifs is 1. The van der Waals surface area contributed by atoms with Gasteiger partial charge in [0.05, 0.1) is 11.5 Å². The van der Waals surface area contributed by atoms with Crippen LogP contribution in [0.5, 0.6) is 5.88 Å². The summed E-state index contributed by atoms with van der Waals surface area (Å²) in [5.41, 5.74) is 1.77. The van der Waals surface area contributed by atoms with Crippen LogP contribution in [0.3, 0.4) is 0 Å². The van der Waals surface area contributed by atoms with Crippen molar-refractivity contribution in [2.24, 2.45) is 0 Å². The van der Waals surface area contributed by atoms with E-state index in [0.717, 1.165) is 11.1 Å². The van der Waals surface area contributed by atoms with Crippen molar-refractivity contribution in [2.75, 3.05) is 24.6 Å². The molecular formula is C17H19FN4O3. The van der Waals surface area contributed by atoms with Crippen molar-refractivity contribution in [3.63, 3.8) is 0 Å². The van der Waals surface area contributed by atoms with Crippen molar-refractivity contribution in [1.82, 2.24) is 9.97 Å². The van der Waals surface area contributed by atoms with E-state index in [-0.39, 0.29) is 29.8 Å². The van der Waals surface area contributed by atoms with E-state index < -0.39 is 4.92 Å². The van der Waals surface area contributed by atoms with Crippen LogP contribution in [0.1, 0.15) is 23.9 Å². The Hall–Kier alpha value is -2.77. The number of hydrogen-bond acceptors (Lipinski definition) is 6. The molecule has 8 heteroatoms. The Kier molecular flexibility index (Phi) is 4.78. The summed E-state index contributed by atoms with van der Waals surface area (Å²) in [5, 5.41) is 11.6. The lowest BCUT2D eigenvalue weighted by atomic mass is 10.0. The zero-order valence-electron chi connectivity index (χ0n) is 14.2. The first-order chi connectivity index (χ1) is 12.0. The SMILES string of the molecule is CCOc1nc(C)nc(N2CCc3ccc(F)cc3CC2)c1[N+](=O)[O-]. The van der Waals surface area contributed by atoms with Crippen molar-refractivity contribution >= 4 is 11.5 Å². The number of aryl methyl sites for hydroxylation is 1. The normalized spacial score (nSPS) is 14.0. The molecule has 7 nitrogen and oxygen atoms in total. The fraction of sp³-hybridized carbons (Fsp3) is 0.412. The van der Waals surface area contributed by atoms with E-state index in [4.69, 9.17) is 4.74 Å². The molecule has 0 fully saturated rings. The van der Waals surface area contributed by atoms with Gasteiger partial charge in [0.15, 0.2) is 0 Å². The van der Waals surface area contributed by atoms with Gasteiger partial charge in [0.1, 0.15) is 11.6 Å². The molecule has 2 heterocycles. The molecule has 1 aromatic carbocycles. The van der Waals surface area contributed by atoms with Gasteiger partial charge in [-0.2, -0.15) is 4.98 Å². The molecule has 0 amide bonds. The van der Waals surface area contributed by atoms with E-state index in [1.807, 2.05) is 4.90 Å². The van der Waals surface area contributed by atoms with Crippen LogP contribution in [0.25, 0.3) is 0 Å². The summed E-state index contributed by atoms with van der Waals surface area (Å²) in [6.07, 6.45) is 1.26. The molecule has 0 saturated heterocycles. The van der Waals surface area contributed by atoms with Crippen molar-refractivity contribution in [2.45, 2.75) is 26.7 Å². The number of benzene rings is 1. The number of aromatic nitrogens is 2. The molecule has 0 unspecified atom stereocenters. The van der Waals surface area contributed by atoms with Crippen LogP contribution in [0, 0.1) is 22.9 Å². The zero-order valence-corrected chi connectivity index (χ0v) is 14.2. The molecular weight excluding hydrogens is 327 g/mol. The Bertz CT molecular complexity index is 813. The van der Waals surface area contributed by atoms with E-state index in [1.54, 1.807) is 19.9 Å². The van der Waals surface area contributed by atoms with Gasteiger partial charge in [0.25, 0.3) is 5.88 Å². The highest BCUT2D eigenvalue weighted by Crippen LogP contribution is 2.35. The molecule has 2 aromatic rings. The third-order valence-corrected chi connectivity index (χ3v) is 4.18. The Balaban J connectivity index is 1.98. The highest BCUT2D eigenvalue weighted by Gasteiger charge is 2.30. The first-order valence-corrected chi connectivity index (χ1v) is 8.17. The van der Waals surface area contributed by atoms with Gasteiger partial charge in [-0.05, 0) is 49.9 Å². The number of nitrogens with zero attached hydrogens (tertiary/aromatic N) is 4. The zero-order chi connectivity index (χ0) is 18.0. The first kappa shape index (κ1) is 17.1. The van der Waals surface area contributed by atoms with Gasteiger partial charge in [0, 0.05) is 13.1 Å². The molecule has 0 radical (unpaired) electrons. The molecule has 0 saturated carbocycles. The van der Waals surface area contributed by atoms with Gasteiger partial charge in [0.2, 0.25) is 5.82 Å². The summed E-state index contributed by atoms with van der Waals surface area (Å²) < 4.78 is 18.8. The molecule has 0 bridgehead atoms. The second-order valence-electron chi connectivity index (χ2n) is 5.84. The average Bonchev–Trinajstić information content (AvgIpc) is 2.76. The molecule has 1 aliphatic heterocycles. The van der Waals surface area contributed by atoms with Gasteiger partial charge in [-0.15, -0.1) is 0 Å². The van der Waals surface area contributed by atoms with Gasteiger partial charge in [-0.3, -0.25) is 10.1 Å². The topological polar surface area (TPSA) is 81.4 Å². The molecule has 25 heavy (non-hydrogen) atoms. The number of ether oxygens (including phenoxy) is 1. The van der Waals surface area contributed by atoms with Gasteiger partial charge in [-0.1, -0.05) is 6.07 Å². The van der Waals surface area contributed by atoms with Gasteiger partial charge >= 0.3 is 5.69 Å². The van der Waals surface area contributed by atoms with E-state index in [0.29, 0.717) is 31.8 Å². The minimum Gasteiger partial charge on any atom is -0.473 e. The molecule has 3 rings (SSSR count). The number of halogens is 1. The molecule has 132 valence electrons. The monoisotopic (exact) mass is 346 g/mol. The van der Waals surface area contributed by atoms with Crippen LogP contribution in [-0.2, 0) is 12.8 Å². The van der Waals surface area contributed by atoms with Crippen molar-refractivity contribution in [3.05, 3.63) is 51.1 Å². The summed E-state index contributed by atoms with van der Waals surface area (Å²) in [7, 11) is 0. The summed E-state index contributed by atoms with van der Waals surface area (Å²) >= 11 is 0. The van der Waals surface area contributed by atoms with Crippen LogP contribution < -0.4 is 9.64 Å². The first-order valence-electron chi connectivity index (χ1n) is 8.17. The van der Waals surface area contributed by atoms with Crippen LogP contribution >= 0.6 is 0 Å². The largest absolute Gasteiger partial charge is 0.473 e. The van der Waals surface area contributed by atoms with Crippen LogP contribution in [0.15, 0.2) is 18.2 Å². The summed E-state index contributed by atoms with van der Waals surface area (Å²) in [4.78, 5) is 21.3. The maximum Gasteiger partial charge on any atom is 0.372 e. The fourth-order valence-electron chi connectivity index (χ4n) is 3.05. The van der Waals surface area contributed by atoms with Crippen molar-refractivity contribution in [3.8, 4) is 5.88 Å². The Morgan fingerprint density at radius 2 is 2.00 bits per heavy atom. The van der Waals surface area contributed by atoms with Crippen LogP contribution in [0.4, 0.5) is 15.9 Å². The Morgan fingerprint density at radius 3 is 2.68 bits per heavy atom. The molecule has 1 aliphatic rings. The summed E-state index contributed by atoms with van der Waals surface area (Å²) in [6.45, 7) is 4.78. The number of nitro groups is 1. The Labute approximate surface area is 144 Å². The van der Waals surface area contributed by atoms with E-state index in [9.17, 15) is 14.5 Å². The minimum atomic E-state index is -0.503. The molecule has 0 aliphatic carbocycles. The minimum absolute atomic E-state index is 0.0113. The fourth-order valence-corrected chi connectivity index (χ4v) is 3.05. The number of anilines is 1. The van der Waals surface area contributed by atoms with E-state index in [1.165, 1.54) is 12.1 Å². The maximum absolute atomic E-state index is 13.5. The third kappa shape index (κ3) is 3.52. The summed E-state index contributed by atoms with van der Waals surface area (Å²) in [6, 6.07) is 4.75. The quantitative estimate of drug-likeness (QED) is 0.625. The van der Waals surface area contributed by atoms with Crippen molar-refractivity contribution in [1.29, 1.82) is 0 Å². The lowest BCUT2D eigenvalue weighted by molar-refractivity contribution is -0.385. The lowest BCUT2D eigenvalue weighted by Crippen LogP contribution is -2.28. The second kappa shape index (κ2) is 7.00. The molecule has 0 N–H and O–H groups in total. The second-order valence-corrected chi connectivity index (χ2v) is 5.84. The Morgan fingerprint density at radius 1 is 1.28 bits per heavy atom. The predicted octanol–water partition coefficient (Wildman–Crippen LogP) is 2.84. The maximum atomic E-state index is 13.5. The van der Waals surface area contributed by atoms with E-state index >= 15 is 0 Å². The number of hydrogen-bond donors (Lipinski definition) is 0. The van der Waals surface area contributed by atoms with Gasteiger partial charge < -0.3 is 9.64 Å². The average molecular weight is 346 g/mol. The smallest absolute Gasteiger partial charge is 0.372 e.